The van der Waals surface area contributed by atoms with Crippen molar-refractivity contribution < 1.29 is 14.7 Å². The number of nitrogens with one attached hydrogen (secondary N) is 1. The van der Waals surface area contributed by atoms with Crippen LogP contribution in [0.5, 0.6) is 0 Å². The molecule has 1 aromatic rings. The average Bonchev–Trinajstić information content (AvgIpc) is 2.44. The summed E-state index contributed by atoms with van der Waals surface area (Å²) in [5.74, 6) is -1.34. The zero-order chi connectivity index (χ0) is 15.8. The van der Waals surface area contributed by atoms with E-state index in [2.05, 4.69) is 5.32 Å². The molecule has 0 spiro atoms. The fourth-order valence-corrected chi connectivity index (χ4v) is 1.80. The molecule has 5 heteroatoms. The minimum Gasteiger partial charge on any atom is -0.480 e. The number of nitrogens with zero attached hydrogens (tertiary/aromatic N) is 1. The Morgan fingerprint density at radius 3 is 2.71 bits per heavy atom. The van der Waals surface area contributed by atoms with Crippen LogP contribution in [0.4, 0.5) is 0 Å². The van der Waals surface area contributed by atoms with Gasteiger partial charge in [0.25, 0.3) is 0 Å². The molecule has 0 aliphatic carbocycles. The maximum atomic E-state index is 11.7. The molecule has 0 unspecified atom stereocenters. The van der Waals surface area contributed by atoms with Gasteiger partial charge in [-0.05, 0) is 36.1 Å². The van der Waals surface area contributed by atoms with E-state index in [9.17, 15) is 9.59 Å². The summed E-state index contributed by atoms with van der Waals surface area (Å²) in [6.07, 6.45) is 3.19. The van der Waals surface area contributed by atoms with Gasteiger partial charge >= 0.3 is 5.97 Å². The van der Waals surface area contributed by atoms with Crippen molar-refractivity contribution in [2.75, 3.05) is 0 Å². The molecule has 0 aliphatic heterocycles. The van der Waals surface area contributed by atoms with Crippen LogP contribution in [0.25, 0.3) is 6.08 Å². The summed E-state index contributed by atoms with van der Waals surface area (Å²) in [6, 6.07) is 7.90. The van der Waals surface area contributed by atoms with Gasteiger partial charge in [-0.15, -0.1) is 0 Å². The molecule has 0 radical (unpaired) electrons. The molecule has 0 saturated heterocycles. The Kier molecular flexibility index (Phi) is 6.15. The van der Waals surface area contributed by atoms with Crippen molar-refractivity contribution in [2.24, 2.45) is 5.92 Å². The van der Waals surface area contributed by atoms with E-state index >= 15 is 0 Å². The number of carbonyl (C=O) groups excluding carboxylic acids is 1. The minimum absolute atomic E-state index is 0.169. The SMILES string of the molecule is CC(C)C[C@@H](NC(=O)C=Cc1cccc(C#N)c1)C(=O)O. The van der Waals surface area contributed by atoms with Gasteiger partial charge in [0.15, 0.2) is 0 Å². The van der Waals surface area contributed by atoms with Crippen LogP contribution in [0.2, 0.25) is 0 Å². The minimum atomic E-state index is -1.04. The van der Waals surface area contributed by atoms with Gasteiger partial charge in [0.1, 0.15) is 6.04 Å². The van der Waals surface area contributed by atoms with Gasteiger partial charge in [0.2, 0.25) is 5.91 Å². The molecule has 110 valence electrons. The van der Waals surface area contributed by atoms with Crippen molar-refractivity contribution in [2.45, 2.75) is 26.3 Å². The molecule has 1 rings (SSSR count). The highest BCUT2D eigenvalue weighted by molar-refractivity contribution is 5.94. The number of nitriles is 1. The molecule has 0 heterocycles. The van der Waals surface area contributed by atoms with Crippen LogP contribution < -0.4 is 5.32 Å². The summed E-state index contributed by atoms with van der Waals surface area (Å²) in [5.41, 5.74) is 1.21. The van der Waals surface area contributed by atoms with Crippen LogP contribution in [-0.2, 0) is 9.59 Å². The topological polar surface area (TPSA) is 90.2 Å². The average molecular weight is 286 g/mol. The number of hydrogen-bond donors (Lipinski definition) is 2. The van der Waals surface area contributed by atoms with Crippen molar-refractivity contribution in [1.82, 2.24) is 5.32 Å². The fraction of sp³-hybridized carbons (Fsp3) is 0.312. The second kappa shape index (κ2) is 7.85. The van der Waals surface area contributed by atoms with E-state index in [-0.39, 0.29) is 5.92 Å². The van der Waals surface area contributed by atoms with Gasteiger partial charge in [-0.25, -0.2) is 4.79 Å². The molecule has 0 aromatic heterocycles. The zero-order valence-corrected chi connectivity index (χ0v) is 12.0. The van der Waals surface area contributed by atoms with E-state index in [0.29, 0.717) is 17.5 Å². The predicted octanol–water partition coefficient (Wildman–Crippen LogP) is 2.19. The van der Waals surface area contributed by atoms with Crippen molar-refractivity contribution in [3.63, 3.8) is 0 Å². The molecule has 0 saturated carbocycles. The van der Waals surface area contributed by atoms with Crippen LogP contribution in [0.3, 0.4) is 0 Å². The number of aliphatic carboxylic acids is 1. The molecule has 5 nitrogen and oxygen atoms in total. The monoisotopic (exact) mass is 286 g/mol. The van der Waals surface area contributed by atoms with Gasteiger partial charge in [0, 0.05) is 6.08 Å². The van der Waals surface area contributed by atoms with Gasteiger partial charge < -0.3 is 10.4 Å². The van der Waals surface area contributed by atoms with Crippen molar-refractivity contribution >= 4 is 18.0 Å². The van der Waals surface area contributed by atoms with E-state index < -0.39 is 17.9 Å². The number of rotatable bonds is 6. The fourth-order valence-electron chi connectivity index (χ4n) is 1.80. The molecular formula is C16H18N2O3. The number of hydrogen-bond acceptors (Lipinski definition) is 3. The summed E-state index contributed by atoms with van der Waals surface area (Å²) in [6.45, 7) is 3.79. The normalized spacial score (nSPS) is 12.1. The largest absolute Gasteiger partial charge is 0.480 e. The van der Waals surface area contributed by atoms with E-state index in [0.717, 1.165) is 0 Å². The molecular weight excluding hydrogens is 268 g/mol. The van der Waals surface area contributed by atoms with Crippen LogP contribution in [0, 0.1) is 17.2 Å². The summed E-state index contributed by atoms with van der Waals surface area (Å²) in [4.78, 5) is 22.8. The lowest BCUT2D eigenvalue weighted by Crippen LogP contribution is -2.40. The lowest BCUT2D eigenvalue weighted by Gasteiger charge is -2.15. The second-order valence-corrected chi connectivity index (χ2v) is 5.10. The number of benzene rings is 1. The van der Waals surface area contributed by atoms with Crippen molar-refractivity contribution in [3.8, 4) is 6.07 Å². The number of amides is 1. The number of carbonyl (C=O) groups is 2. The van der Waals surface area contributed by atoms with E-state index in [1.54, 1.807) is 30.3 Å². The summed E-state index contributed by atoms with van der Waals surface area (Å²) < 4.78 is 0. The molecule has 2 N–H and O–H groups in total. The summed E-state index contributed by atoms with van der Waals surface area (Å²) in [7, 11) is 0. The number of carboxylic acids is 1. The van der Waals surface area contributed by atoms with Gasteiger partial charge in [-0.3, -0.25) is 4.79 Å². The Morgan fingerprint density at radius 2 is 2.14 bits per heavy atom. The quantitative estimate of drug-likeness (QED) is 0.784. The van der Waals surface area contributed by atoms with Crippen LogP contribution in [0.15, 0.2) is 30.3 Å². The molecule has 0 aliphatic rings. The first kappa shape index (κ1) is 16.4. The first-order valence-corrected chi connectivity index (χ1v) is 6.64. The second-order valence-electron chi connectivity index (χ2n) is 5.10. The first-order valence-electron chi connectivity index (χ1n) is 6.64. The molecule has 0 fully saturated rings. The van der Waals surface area contributed by atoms with Gasteiger partial charge in [-0.1, -0.05) is 26.0 Å². The Bertz CT molecular complexity index is 585. The summed E-state index contributed by atoms with van der Waals surface area (Å²) in [5, 5.41) is 20.3. The van der Waals surface area contributed by atoms with Crippen molar-refractivity contribution in [1.29, 1.82) is 5.26 Å². The third-order valence-electron chi connectivity index (χ3n) is 2.76. The first-order chi connectivity index (χ1) is 9.92. The molecule has 21 heavy (non-hydrogen) atoms. The van der Waals surface area contributed by atoms with E-state index in [1.165, 1.54) is 6.08 Å². The van der Waals surface area contributed by atoms with E-state index in [4.69, 9.17) is 10.4 Å². The smallest absolute Gasteiger partial charge is 0.326 e. The molecule has 0 bridgehead atoms. The Balaban J connectivity index is 2.69. The maximum absolute atomic E-state index is 11.7. The number of carboxylic acid groups (broad SMARTS) is 1. The molecule has 1 amide bonds. The Hall–Kier alpha value is -2.61. The summed E-state index contributed by atoms with van der Waals surface area (Å²) >= 11 is 0. The lowest BCUT2D eigenvalue weighted by molar-refractivity contribution is -0.141. The van der Waals surface area contributed by atoms with Crippen molar-refractivity contribution in [3.05, 3.63) is 41.5 Å². The lowest BCUT2D eigenvalue weighted by atomic mass is 10.0. The highest BCUT2D eigenvalue weighted by Gasteiger charge is 2.19. The maximum Gasteiger partial charge on any atom is 0.326 e. The third-order valence-corrected chi connectivity index (χ3v) is 2.76. The zero-order valence-electron chi connectivity index (χ0n) is 12.0. The van der Waals surface area contributed by atoms with Crippen LogP contribution in [0.1, 0.15) is 31.4 Å². The van der Waals surface area contributed by atoms with E-state index in [1.807, 2.05) is 19.9 Å². The highest BCUT2D eigenvalue weighted by atomic mass is 16.4. The van der Waals surface area contributed by atoms with Gasteiger partial charge in [-0.2, -0.15) is 5.26 Å². The Morgan fingerprint density at radius 1 is 1.43 bits per heavy atom. The molecule has 1 aromatic carbocycles. The van der Waals surface area contributed by atoms with Crippen LogP contribution in [-0.4, -0.2) is 23.0 Å². The predicted molar refractivity (Wildman–Crippen MR) is 79.2 cm³/mol. The third kappa shape index (κ3) is 5.91. The van der Waals surface area contributed by atoms with Gasteiger partial charge in [0.05, 0.1) is 11.6 Å². The molecule has 1 atom stereocenters. The van der Waals surface area contributed by atoms with Crippen LogP contribution >= 0.6 is 0 Å². The standard InChI is InChI=1S/C16H18N2O3/c1-11(2)8-14(16(20)21)18-15(19)7-6-12-4-3-5-13(9-12)10-17/h3-7,9,11,14H,8H2,1-2H3,(H,18,19)(H,20,21)/t14-/m1/s1. The Labute approximate surface area is 123 Å². The highest BCUT2D eigenvalue weighted by Crippen LogP contribution is 2.07.